The molecule has 2 unspecified atom stereocenters. The van der Waals surface area contributed by atoms with Gasteiger partial charge in [0.25, 0.3) is 0 Å². The molecule has 0 bridgehead atoms. The normalized spacial score (nSPS) is 14.7. The molecule has 1 rings (SSSR count). The second kappa shape index (κ2) is 8.66. The summed E-state index contributed by atoms with van der Waals surface area (Å²) in [5, 5.41) is 10.2. The van der Waals surface area contributed by atoms with Crippen molar-refractivity contribution in [1.29, 1.82) is 0 Å². The Morgan fingerprint density at radius 2 is 1.90 bits per heavy atom. The lowest BCUT2D eigenvalue weighted by atomic mass is 10.5. The van der Waals surface area contributed by atoms with Crippen molar-refractivity contribution in [3.63, 3.8) is 0 Å². The molecular formula is C12H21NO6P2. The van der Waals surface area contributed by atoms with Crippen molar-refractivity contribution in [2.24, 2.45) is 0 Å². The van der Waals surface area contributed by atoms with Gasteiger partial charge in [-0.15, -0.1) is 0 Å². The van der Waals surface area contributed by atoms with E-state index in [1.807, 2.05) is 0 Å². The summed E-state index contributed by atoms with van der Waals surface area (Å²) in [4.78, 5) is 3.97. The van der Waals surface area contributed by atoms with Crippen molar-refractivity contribution in [1.82, 2.24) is 4.98 Å². The predicted octanol–water partition coefficient (Wildman–Crippen LogP) is 2.21. The molecule has 0 amide bonds. The van der Waals surface area contributed by atoms with Crippen molar-refractivity contribution in [3.05, 3.63) is 18.3 Å². The molecular weight excluding hydrogens is 316 g/mol. The van der Waals surface area contributed by atoms with Gasteiger partial charge in [-0.1, -0.05) is 0 Å². The van der Waals surface area contributed by atoms with Crippen LogP contribution in [0.25, 0.3) is 0 Å². The van der Waals surface area contributed by atoms with E-state index in [-0.39, 0.29) is 18.6 Å². The fourth-order valence-electron chi connectivity index (χ4n) is 1.65. The van der Waals surface area contributed by atoms with Gasteiger partial charge in [-0.3, -0.25) is 4.57 Å². The SMILES string of the molecule is CCOc1cccnc1[PH](=O)[12CH](O)P(=O)(OCC)OCC. The Balaban J connectivity index is 3.08. The van der Waals surface area contributed by atoms with Crippen LogP contribution in [0.3, 0.4) is 0 Å². The molecule has 1 aromatic rings. The first kappa shape index (κ1) is 18.3. The zero-order valence-corrected chi connectivity index (χ0v) is 14.2. The van der Waals surface area contributed by atoms with Crippen LogP contribution in [0.4, 0.5) is 0 Å². The molecule has 1 aromatic heterocycles. The highest BCUT2D eigenvalue weighted by molar-refractivity contribution is 7.71. The number of hydrogen-bond donors (Lipinski definition) is 1. The maximum absolute atomic E-state index is 12.5. The summed E-state index contributed by atoms with van der Waals surface area (Å²) in [5.74, 6) is 0.294. The van der Waals surface area contributed by atoms with E-state index in [1.165, 1.54) is 6.20 Å². The molecule has 1 N–H and O–H groups in total. The number of aliphatic hydroxyl groups excluding tert-OH is 1. The van der Waals surface area contributed by atoms with Gasteiger partial charge in [-0.2, -0.15) is 0 Å². The highest BCUT2D eigenvalue weighted by Crippen LogP contribution is 2.59. The lowest BCUT2D eigenvalue weighted by Crippen LogP contribution is -2.17. The number of nitrogens with zero attached hydrogens (tertiary/aromatic N) is 1. The summed E-state index contributed by atoms with van der Waals surface area (Å²) >= 11 is 0. The topological polar surface area (TPSA) is 95.0 Å². The van der Waals surface area contributed by atoms with Crippen LogP contribution in [0.1, 0.15) is 20.8 Å². The Bertz CT molecular complexity index is 514. The fraction of sp³-hybridized carbons (Fsp3) is 0.583. The van der Waals surface area contributed by atoms with Crippen molar-refractivity contribution in [2.75, 3.05) is 19.8 Å². The van der Waals surface area contributed by atoms with E-state index in [0.717, 1.165) is 0 Å². The molecule has 0 aliphatic heterocycles. The van der Waals surface area contributed by atoms with E-state index < -0.39 is 21.0 Å². The second-order valence-corrected chi connectivity index (χ2v) is 8.22. The molecule has 0 spiro atoms. The first-order valence-corrected chi connectivity index (χ1v) is 9.78. The predicted molar refractivity (Wildman–Crippen MR) is 80.9 cm³/mol. The number of pyridine rings is 1. The van der Waals surface area contributed by atoms with E-state index >= 15 is 0 Å². The third kappa shape index (κ3) is 4.63. The first-order valence-electron chi connectivity index (χ1n) is 6.69. The highest BCUT2D eigenvalue weighted by atomic mass is 31.2. The Hall–Kier alpha value is -0.710. The van der Waals surface area contributed by atoms with E-state index in [2.05, 4.69) is 4.98 Å². The quantitative estimate of drug-likeness (QED) is 0.690. The summed E-state index contributed by atoms with van der Waals surface area (Å²) in [6, 6.07) is 3.22. The largest absolute Gasteiger partial charge is 0.491 e. The molecule has 21 heavy (non-hydrogen) atoms. The minimum atomic E-state index is -3.88. The van der Waals surface area contributed by atoms with Crippen LogP contribution in [-0.2, 0) is 18.2 Å². The van der Waals surface area contributed by atoms with E-state index in [1.54, 1.807) is 32.9 Å². The monoisotopic (exact) mass is 337 g/mol. The standard InChI is InChI=1S/C12H21NO6P2/c1-4-17-10-8-7-9-13-11(10)20(15)12(14)21(16,18-5-2)19-6-3/h7-9,12,14,20H,4-6H2,1-3H3/i12+0. The van der Waals surface area contributed by atoms with Crippen LogP contribution >= 0.6 is 15.4 Å². The fourth-order valence-corrected chi connectivity index (χ4v) is 5.54. The molecule has 0 aliphatic rings. The molecule has 0 fully saturated rings. The van der Waals surface area contributed by atoms with E-state index in [9.17, 15) is 14.2 Å². The molecule has 0 radical (unpaired) electrons. The van der Waals surface area contributed by atoms with Gasteiger partial charge in [0, 0.05) is 6.20 Å². The number of ether oxygens (including phenoxy) is 1. The van der Waals surface area contributed by atoms with Crippen LogP contribution < -0.4 is 10.2 Å². The third-order valence-electron chi connectivity index (χ3n) is 2.46. The molecule has 0 aromatic carbocycles. The third-order valence-corrected chi connectivity index (χ3v) is 7.25. The van der Waals surface area contributed by atoms with Crippen molar-refractivity contribution < 1.29 is 28.0 Å². The van der Waals surface area contributed by atoms with Crippen molar-refractivity contribution >= 4 is 20.8 Å². The first-order chi connectivity index (χ1) is 10.00. The van der Waals surface area contributed by atoms with Gasteiger partial charge >= 0.3 is 7.60 Å². The van der Waals surface area contributed by atoms with Crippen LogP contribution in [0.2, 0.25) is 0 Å². The van der Waals surface area contributed by atoms with E-state index in [0.29, 0.717) is 12.4 Å². The smallest absolute Gasteiger partial charge is 0.366 e. The number of aliphatic hydroxyl groups is 1. The van der Waals surface area contributed by atoms with Crippen LogP contribution in [0.5, 0.6) is 5.75 Å². The number of aromatic nitrogens is 1. The summed E-state index contributed by atoms with van der Waals surface area (Å²) in [7, 11) is -6.82. The van der Waals surface area contributed by atoms with Crippen molar-refractivity contribution in [3.8, 4) is 5.75 Å². The summed E-state index contributed by atoms with van der Waals surface area (Å²) < 4.78 is 40.3. The maximum atomic E-state index is 12.5. The average molecular weight is 337 g/mol. The molecule has 2 atom stereocenters. The Kier molecular flexibility index (Phi) is 7.57. The van der Waals surface area contributed by atoms with Crippen LogP contribution in [0.15, 0.2) is 18.3 Å². The van der Waals surface area contributed by atoms with Gasteiger partial charge < -0.3 is 23.5 Å². The second-order valence-electron chi connectivity index (χ2n) is 3.90. The molecule has 0 aliphatic carbocycles. The maximum Gasteiger partial charge on any atom is 0.366 e. The zero-order valence-electron chi connectivity index (χ0n) is 12.3. The Labute approximate surface area is 125 Å². The number of hydrogen-bond acceptors (Lipinski definition) is 7. The van der Waals surface area contributed by atoms with E-state index in [4.69, 9.17) is 13.8 Å². The van der Waals surface area contributed by atoms with Gasteiger partial charge in [0.15, 0.2) is 7.80 Å². The summed E-state index contributed by atoms with van der Waals surface area (Å²) in [6.07, 6.45) is 1.43. The molecule has 0 saturated heterocycles. The van der Waals surface area contributed by atoms with Crippen LogP contribution in [0, 0.1) is 0 Å². The molecule has 1 heterocycles. The van der Waals surface area contributed by atoms with Gasteiger partial charge in [0.2, 0.25) is 5.59 Å². The van der Waals surface area contributed by atoms with Crippen molar-refractivity contribution in [2.45, 2.75) is 26.4 Å². The van der Waals surface area contributed by atoms with Gasteiger partial charge in [0.1, 0.15) is 11.2 Å². The van der Waals surface area contributed by atoms with Crippen LogP contribution in [-0.4, -0.2) is 35.5 Å². The molecule has 9 heteroatoms. The zero-order chi connectivity index (χ0) is 15.9. The molecule has 120 valence electrons. The lowest BCUT2D eigenvalue weighted by Gasteiger charge is -2.22. The number of rotatable bonds is 9. The van der Waals surface area contributed by atoms with Gasteiger partial charge in [-0.25, -0.2) is 4.98 Å². The average Bonchev–Trinajstić information content (AvgIpc) is 2.47. The highest BCUT2D eigenvalue weighted by Gasteiger charge is 2.40. The molecule has 0 saturated carbocycles. The molecule has 7 nitrogen and oxygen atoms in total. The minimum absolute atomic E-state index is 0.0734. The summed E-state index contributed by atoms with van der Waals surface area (Å²) in [5.41, 5.74) is -1.67. The lowest BCUT2D eigenvalue weighted by molar-refractivity contribution is 0.179. The van der Waals surface area contributed by atoms with Gasteiger partial charge in [-0.05, 0) is 32.9 Å². The van der Waals surface area contributed by atoms with Gasteiger partial charge in [0.05, 0.1) is 19.8 Å². The Morgan fingerprint density at radius 3 is 2.43 bits per heavy atom. The Morgan fingerprint density at radius 1 is 1.29 bits per heavy atom. The summed E-state index contributed by atoms with van der Waals surface area (Å²) in [6.45, 7) is 5.51. The minimum Gasteiger partial charge on any atom is -0.491 e.